The Morgan fingerprint density at radius 2 is 1.33 bits per heavy atom. The second-order valence-corrected chi connectivity index (χ2v) is 7.45. The van der Waals surface area contributed by atoms with E-state index in [9.17, 15) is 35.7 Å². The number of para-hydroxylation sites is 1. The van der Waals surface area contributed by atoms with E-state index < -0.39 is 106 Å². The highest BCUT2D eigenvalue weighted by atomic mass is 16.7. The van der Waals surface area contributed by atoms with Crippen molar-refractivity contribution in [1.29, 1.82) is 0 Å². The standard InChI is InChI=1S/C20H30O13/c1-28-8-4-3-5-9(29-2)18(8)33-20-17(27)15(25)13(23)11(32-20)7-30-19-16(26)14(24)12(22)10(6-21)31-19/h3-5,10-17,19-27H,6-7H2,1-2H3/t10-,11-,12-,13-,14+,15+,16-,17-,19-,20+/m1/s1/i1D3,2D3. The van der Waals surface area contributed by atoms with Crippen LogP contribution in [0.25, 0.3) is 0 Å². The van der Waals surface area contributed by atoms with Crippen LogP contribution in [0.15, 0.2) is 18.2 Å². The molecule has 188 valence electrons. The maximum atomic E-state index is 10.5. The van der Waals surface area contributed by atoms with Crippen molar-refractivity contribution in [3.63, 3.8) is 0 Å². The van der Waals surface area contributed by atoms with Crippen LogP contribution in [0.1, 0.15) is 8.22 Å². The molecule has 2 fully saturated rings. The van der Waals surface area contributed by atoms with Gasteiger partial charge in [0, 0.05) is 0 Å². The molecule has 3 rings (SSSR count). The van der Waals surface area contributed by atoms with Crippen LogP contribution in [-0.4, -0.2) is 124 Å². The van der Waals surface area contributed by atoms with Gasteiger partial charge in [0.15, 0.2) is 17.8 Å². The maximum Gasteiger partial charge on any atom is 0.229 e. The number of hydrogen-bond acceptors (Lipinski definition) is 13. The lowest BCUT2D eigenvalue weighted by atomic mass is 9.98. The molecule has 0 amide bonds. The number of aliphatic hydroxyl groups excluding tert-OH is 7. The predicted octanol–water partition coefficient (Wildman–Crippen LogP) is -3.29. The van der Waals surface area contributed by atoms with Crippen LogP contribution in [0.3, 0.4) is 0 Å². The summed E-state index contributed by atoms with van der Waals surface area (Å²) in [5.41, 5.74) is 0. The molecule has 13 nitrogen and oxygen atoms in total. The number of methoxy groups -OCH3 is 2. The van der Waals surface area contributed by atoms with E-state index in [4.69, 9.17) is 36.6 Å². The average Bonchev–Trinajstić information content (AvgIpc) is 2.83. The van der Waals surface area contributed by atoms with Crippen molar-refractivity contribution >= 4 is 0 Å². The summed E-state index contributed by atoms with van der Waals surface area (Å²) in [7, 11) is -6.03. The average molecular weight is 484 g/mol. The Morgan fingerprint density at radius 1 is 0.788 bits per heavy atom. The Balaban J connectivity index is 1.81. The van der Waals surface area contributed by atoms with Gasteiger partial charge in [0.05, 0.1) is 35.5 Å². The Kier molecular flexibility index (Phi) is 6.23. The zero-order valence-corrected chi connectivity index (χ0v) is 17.0. The van der Waals surface area contributed by atoms with E-state index in [-0.39, 0.29) is 0 Å². The number of aliphatic hydroxyl groups is 7. The van der Waals surface area contributed by atoms with Crippen molar-refractivity contribution in [2.75, 3.05) is 27.3 Å². The molecule has 0 saturated carbocycles. The van der Waals surface area contributed by atoms with E-state index in [1.54, 1.807) is 0 Å². The SMILES string of the molecule is [2H]C([2H])([2H])Oc1cccc(OC([2H])([2H])[2H])c1O[C@@H]1O[C@H](CO[C@@H]2O[C@H](CO)[C@@H](O)[C@H](O)[C@H]2O)[C@@H](O)[C@H](O)[C@H]1O. The molecule has 2 aliphatic rings. The molecule has 0 unspecified atom stereocenters. The van der Waals surface area contributed by atoms with Crippen LogP contribution in [-0.2, 0) is 14.2 Å². The van der Waals surface area contributed by atoms with E-state index in [0.717, 1.165) is 12.1 Å². The Bertz CT molecular complexity index is 913. The molecular formula is C20H30O13. The van der Waals surface area contributed by atoms with Gasteiger partial charge in [-0.05, 0) is 12.1 Å². The molecule has 10 atom stereocenters. The Morgan fingerprint density at radius 3 is 1.91 bits per heavy atom. The molecule has 2 aliphatic heterocycles. The number of rotatable bonds is 8. The minimum absolute atomic E-state index is 0.526. The summed E-state index contributed by atoms with van der Waals surface area (Å²) in [6.07, 6.45) is -17.2. The molecule has 0 radical (unpaired) electrons. The van der Waals surface area contributed by atoms with Crippen LogP contribution in [0.2, 0.25) is 0 Å². The Hall–Kier alpha value is -1.78. The number of hydrogen-bond donors (Lipinski definition) is 7. The molecule has 0 bridgehead atoms. The lowest BCUT2D eigenvalue weighted by molar-refractivity contribution is -0.323. The van der Waals surface area contributed by atoms with Gasteiger partial charge >= 0.3 is 0 Å². The van der Waals surface area contributed by atoms with Gasteiger partial charge < -0.3 is 64.2 Å². The molecule has 7 N–H and O–H groups in total. The first-order valence-electron chi connectivity index (χ1n) is 12.8. The molecule has 1 aromatic carbocycles. The van der Waals surface area contributed by atoms with Crippen molar-refractivity contribution in [2.24, 2.45) is 0 Å². The first kappa shape index (κ1) is 18.5. The third-order valence-electron chi connectivity index (χ3n) is 5.34. The summed E-state index contributed by atoms with van der Waals surface area (Å²) in [6, 6.07) is 3.42. The smallest absolute Gasteiger partial charge is 0.229 e. The van der Waals surface area contributed by atoms with Crippen LogP contribution < -0.4 is 14.2 Å². The monoisotopic (exact) mass is 484 g/mol. The minimum atomic E-state index is -3.01. The summed E-state index contributed by atoms with van der Waals surface area (Å²) in [5, 5.41) is 70.4. The highest BCUT2D eigenvalue weighted by Crippen LogP contribution is 2.39. The van der Waals surface area contributed by atoms with E-state index in [0.29, 0.717) is 0 Å². The number of benzene rings is 1. The van der Waals surface area contributed by atoms with Crippen LogP contribution in [0.4, 0.5) is 0 Å². The van der Waals surface area contributed by atoms with Gasteiger partial charge in [-0.2, -0.15) is 0 Å². The molecule has 2 saturated heterocycles. The van der Waals surface area contributed by atoms with Gasteiger partial charge in [0.25, 0.3) is 0 Å². The topological polar surface area (TPSA) is 197 Å². The van der Waals surface area contributed by atoms with Gasteiger partial charge in [0.2, 0.25) is 12.0 Å². The second-order valence-electron chi connectivity index (χ2n) is 7.45. The highest BCUT2D eigenvalue weighted by molar-refractivity contribution is 5.51. The minimum Gasteiger partial charge on any atom is -0.493 e. The van der Waals surface area contributed by atoms with E-state index in [2.05, 4.69) is 0 Å². The quantitative estimate of drug-likeness (QED) is 0.194. The first-order chi connectivity index (χ1) is 18.0. The third-order valence-corrected chi connectivity index (χ3v) is 5.34. The third kappa shape index (κ3) is 5.33. The van der Waals surface area contributed by atoms with Crippen LogP contribution in [0.5, 0.6) is 17.2 Å². The first-order valence-corrected chi connectivity index (χ1v) is 9.82. The fraction of sp³-hybridized carbons (Fsp3) is 0.700. The molecule has 0 spiro atoms. The summed E-state index contributed by atoms with van der Waals surface area (Å²) >= 11 is 0. The number of ether oxygens (including phenoxy) is 6. The van der Waals surface area contributed by atoms with Crippen LogP contribution in [0, 0.1) is 0 Å². The van der Waals surface area contributed by atoms with Gasteiger partial charge in [-0.15, -0.1) is 0 Å². The normalized spacial score (nSPS) is 42.6. The second kappa shape index (κ2) is 11.1. The zero-order chi connectivity index (χ0) is 29.3. The molecule has 1 aromatic rings. The Labute approximate surface area is 197 Å². The molecular weight excluding hydrogens is 448 g/mol. The van der Waals surface area contributed by atoms with Gasteiger partial charge in [-0.25, -0.2) is 0 Å². The molecule has 0 aromatic heterocycles. The predicted molar refractivity (Wildman–Crippen MR) is 107 cm³/mol. The van der Waals surface area contributed by atoms with Crippen molar-refractivity contribution in [3.05, 3.63) is 18.2 Å². The van der Waals surface area contributed by atoms with Crippen molar-refractivity contribution < 1.29 is 72.4 Å². The summed E-state index contributed by atoms with van der Waals surface area (Å²) in [6.45, 7) is -1.40. The molecule has 33 heavy (non-hydrogen) atoms. The van der Waals surface area contributed by atoms with Crippen molar-refractivity contribution in [2.45, 2.75) is 61.4 Å². The summed E-state index contributed by atoms with van der Waals surface area (Å²) < 4.78 is 75.3. The molecule has 2 heterocycles. The van der Waals surface area contributed by atoms with Gasteiger partial charge in [0.1, 0.15) is 48.8 Å². The summed E-state index contributed by atoms with van der Waals surface area (Å²) in [5.74, 6) is -1.67. The van der Waals surface area contributed by atoms with Crippen molar-refractivity contribution in [3.8, 4) is 17.2 Å². The van der Waals surface area contributed by atoms with Crippen LogP contribution >= 0.6 is 0 Å². The fourth-order valence-electron chi connectivity index (χ4n) is 3.44. The van der Waals surface area contributed by atoms with E-state index in [1.165, 1.54) is 6.07 Å². The van der Waals surface area contributed by atoms with Gasteiger partial charge in [-0.3, -0.25) is 0 Å². The van der Waals surface area contributed by atoms with E-state index in [1.807, 2.05) is 0 Å². The van der Waals surface area contributed by atoms with Gasteiger partial charge in [-0.1, -0.05) is 6.07 Å². The van der Waals surface area contributed by atoms with E-state index >= 15 is 0 Å². The molecule has 13 heteroatoms. The zero-order valence-electron chi connectivity index (χ0n) is 23.0. The largest absolute Gasteiger partial charge is 0.493 e. The van der Waals surface area contributed by atoms with Crippen molar-refractivity contribution in [1.82, 2.24) is 0 Å². The molecule has 0 aliphatic carbocycles. The maximum absolute atomic E-state index is 10.5. The summed E-state index contributed by atoms with van der Waals surface area (Å²) in [4.78, 5) is 0. The lowest BCUT2D eigenvalue weighted by Crippen LogP contribution is -2.62. The highest BCUT2D eigenvalue weighted by Gasteiger charge is 2.48. The fourth-order valence-corrected chi connectivity index (χ4v) is 3.44. The lowest BCUT2D eigenvalue weighted by Gasteiger charge is -2.42.